The van der Waals surface area contributed by atoms with E-state index in [4.69, 9.17) is 0 Å². The van der Waals surface area contributed by atoms with Gasteiger partial charge in [0.15, 0.2) is 0 Å². The zero-order valence-electron chi connectivity index (χ0n) is 8.38. The van der Waals surface area contributed by atoms with Crippen molar-refractivity contribution in [2.24, 2.45) is 0 Å². The normalized spacial score (nSPS) is 18.6. The first-order chi connectivity index (χ1) is 6.76. The van der Waals surface area contributed by atoms with Gasteiger partial charge >= 0.3 is 0 Å². The van der Waals surface area contributed by atoms with Gasteiger partial charge in [0.2, 0.25) is 0 Å². The Hall–Kier alpha value is -0.830. The first-order valence-corrected chi connectivity index (χ1v) is 6.00. The molecule has 1 amide bonds. The van der Waals surface area contributed by atoms with Crippen LogP contribution in [0.25, 0.3) is 0 Å². The van der Waals surface area contributed by atoms with Gasteiger partial charge in [0, 0.05) is 5.54 Å². The highest BCUT2D eigenvalue weighted by molar-refractivity contribution is 7.12. The molecule has 0 atom stereocenters. The predicted octanol–water partition coefficient (Wildman–Crippen LogP) is 2.81. The van der Waals surface area contributed by atoms with Crippen molar-refractivity contribution in [2.45, 2.75) is 38.1 Å². The lowest BCUT2D eigenvalue weighted by Gasteiger charge is -2.41. The SMILES string of the molecule is CCC1(NC(=O)c2cccs2)CCC1. The Bertz CT molecular complexity index is 309. The monoisotopic (exact) mass is 209 g/mol. The van der Waals surface area contributed by atoms with E-state index in [-0.39, 0.29) is 11.4 Å². The molecule has 0 aliphatic heterocycles. The van der Waals surface area contributed by atoms with Crippen molar-refractivity contribution in [3.63, 3.8) is 0 Å². The average Bonchev–Trinajstić information content (AvgIpc) is 2.63. The Balaban J connectivity index is 2.01. The molecule has 0 aromatic carbocycles. The molecule has 0 unspecified atom stereocenters. The number of nitrogens with one attached hydrogen (secondary N) is 1. The summed E-state index contributed by atoms with van der Waals surface area (Å²) >= 11 is 1.50. The zero-order valence-corrected chi connectivity index (χ0v) is 9.19. The number of carbonyl (C=O) groups excluding carboxylic acids is 1. The van der Waals surface area contributed by atoms with Crippen LogP contribution in [0.5, 0.6) is 0 Å². The highest BCUT2D eigenvalue weighted by Gasteiger charge is 2.36. The minimum Gasteiger partial charge on any atom is -0.346 e. The summed E-state index contributed by atoms with van der Waals surface area (Å²) in [7, 11) is 0. The van der Waals surface area contributed by atoms with Crippen LogP contribution >= 0.6 is 11.3 Å². The van der Waals surface area contributed by atoms with Gasteiger partial charge in [0.05, 0.1) is 4.88 Å². The van der Waals surface area contributed by atoms with E-state index in [1.807, 2.05) is 17.5 Å². The molecule has 1 heterocycles. The van der Waals surface area contributed by atoms with E-state index in [0.717, 1.165) is 24.1 Å². The first-order valence-electron chi connectivity index (χ1n) is 5.12. The Kier molecular flexibility index (Phi) is 2.59. The molecule has 1 fully saturated rings. The quantitative estimate of drug-likeness (QED) is 0.815. The minimum absolute atomic E-state index is 0.0987. The number of thiophene rings is 1. The van der Waals surface area contributed by atoms with Gasteiger partial charge in [-0.1, -0.05) is 13.0 Å². The number of hydrogen-bond donors (Lipinski definition) is 1. The minimum atomic E-state index is 0.0987. The average molecular weight is 209 g/mol. The highest BCUT2D eigenvalue weighted by Crippen LogP contribution is 2.34. The summed E-state index contributed by atoms with van der Waals surface area (Å²) in [6.45, 7) is 2.15. The maximum atomic E-state index is 11.8. The van der Waals surface area contributed by atoms with Gasteiger partial charge < -0.3 is 5.32 Å². The second-order valence-electron chi connectivity index (χ2n) is 3.92. The third-order valence-electron chi connectivity index (χ3n) is 3.11. The lowest BCUT2D eigenvalue weighted by molar-refractivity contribution is 0.0824. The van der Waals surface area contributed by atoms with E-state index in [1.54, 1.807) is 0 Å². The summed E-state index contributed by atoms with van der Waals surface area (Å²) in [6, 6.07) is 3.79. The van der Waals surface area contributed by atoms with E-state index < -0.39 is 0 Å². The second kappa shape index (κ2) is 3.73. The molecule has 0 radical (unpaired) electrons. The molecule has 0 saturated heterocycles. The van der Waals surface area contributed by atoms with E-state index in [9.17, 15) is 4.79 Å². The van der Waals surface area contributed by atoms with Crippen LogP contribution in [0.2, 0.25) is 0 Å². The van der Waals surface area contributed by atoms with Crippen LogP contribution in [0.3, 0.4) is 0 Å². The molecule has 1 aromatic heterocycles. The molecule has 76 valence electrons. The molecule has 1 aliphatic rings. The highest BCUT2D eigenvalue weighted by atomic mass is 32.1. The Morgan fingerprint density at radius 1 is 1.64 bits per heavy atom. The van der Waals surface area contributed by atoms with Crippen LogP contribution in [0.4, 0.5) is 0 Å². The molecule has 14 heavy (non-hydrogen) atoms. The van der Waals surface area contributed by atoms with Gasteiger partial charge in [0.25, 0.3) is 5.91 Å². The molecule has 1 aliphatic carbocycles. The van der Waals surface area contributed by atoms with Crippen LogP contribution in [0.15, 0.2) is 17.5 Å². The van der Waals surface area contributed by atoms with E-state index in [1.165, 1.54) is 17.8 Å². The van der Waals surface area contributed by atoms with Gasteiger partial charge in [-0.05, 0) is 37.1 Å². The van der Waals surface area contributed by atoms with Crippen LogP contribution in [0, 0.1) is 0 Å². The Morgan fingerprint density at radius 2 is 2.43 bits per heavy atom. The summed E-state index contributed by atoms with van der Waals surface area (Å²) in [6.07, 6.45) is 4.57. The molecule has 2 rings (SSSR count). The lowest BCUT2D eigenvalue weighted by atomic mass is 9.75. The van der Waals surface area contributed by atoms with Crippen molar-refractivity contribution < 1.29 is 4.79 Å². The first kappa shape index (κ1) is 9.71. The Morgan fingerprint density at radius 3 is 2.86 bits per heavy atom. The smallest absolute Gasteiger partial charge is 0.261 e. The summed E-state index contributed by atoms with van der Waals surface area (Å²) in [5.74, 6) is 0.0987. The van der Waals surface area contributed by atoms with Gasteiger partial charge in [-0.25, -0.2) is 0 Å². The van der Waals surface area contributed by atoms with Crippen LogP contribution in [-0.4, -0.2) is 11.4 Å². The molecule has 1 aromatic rings. The lowest BCUT2D eigenvalue weighted by Crippen LogP contribution is -2.52. The molecule has 2 nitrogen and oxygen atoms in total. The van der Waals surface area contributed by atoms with Gasteiger partial charge in [0.1, 0.15) is 0 Å². The summed E-state index contributed by atoms with van der Waals surface area (Å²) in [4.78, 5) is 12.6. The molecule has 1 saturated carbocycles. The molecular formula is C11H15NOS. The number of carbonyl (C=O) groups is 1. The van der Waals surface area contributed by atoms with E-state index in [0.29, 0.717) is 0 Å². The molecular weight excluding hydrogens is 194 g/mol. The number of rotatable bonds is 3. The fourth-order valence-electron chi connectivity index (χ4n) is 1.88. The topological polar surface area (TPSA) is 29.1 Å². The van der Waals surface area contributed by atoms with Crippen molar-refractivity contribution in [2.75, 3.05) is 0 Å². The van der Waals surface area contributed by atoms with Crippen molar-refractivity contribution in [3.8, 4) is 0 Å². The van der Waals surface area contributed by atoms with Gasteiger partial charge in [-0.3, -0.25) is 4.79 Å². The molecule has 1 N–H and O–H groups in total. The second-order valence-corrected chi connectivity index (χ2v) is 4.87. The summed E-state index contributed by atoms with van der Waals surface area (Å²) in [5.41, 5.74) is 0.112. The number of amides is 1. The van der Waals surface area contributed by atoms with Crippen LogP contribution < -0.4 is 5.32 Å². The van der Waals surface area contributed by atoms with Crippen LogP contribution in [-0.2, 0) is 0 Å². The third-order valence-corrected chi connectivity index (χ3v) is 3.98. The van der Waals surface area contributed by atoms with Gasteiger partial charge in [-0.15, -0.1) is 11.3 Å². The third kappa shape index (κ3) is 1.69. The van der Waals surface area contributed by atoms with Crippen molar-refractivity contribution >= 4 is 17.2 Å². The van der Waals surface area contributed by atoms with E-state index in [2.05, 4.69) is 12.2 Å². The molecule has 3 heteroatoms. The maximum absolute atomic E-state index is 11.8. The van der Waals surface area contributed by atoms with Crippen molar-refractivity contribution in [1.82, 2.24) is 5.32 Å². The van der Waals surface area contributed by atoms with Crippen LogP contribution in [0.1, 0.15) is 42.3 Å². The van der Waals surface area contributed by atoms with Gasteiger partial charge in [-0.2, -0.15) is 0 Å². The predicted molar refractivity (Wildman–Crippen MR) is 58.7 cm³/mol. The van der Waals surface area contributed by atoms with E-state index >= 15 is 0 Å². The number of hydrogen-bond acceptors (Lipinski definition) is 2. The largest absolute Gasteiger partial charge is 0.346 e. The fraction of sp³-hybridized carbons (Fsp3) is 0.545. The summed E-state index contributed by atoms with van der Waals surface area (Å²) in [5, 5.41) is 5.09. The van der Waals surface area contributed by atoms with Crippen molar-refractivity contribution in [1.29, 1.82) is 0 Å². The fourth-order valence-corrected chi connectivity index (χ4v) is 2.50. The molecule has 0 spiro atoms. The zero-order chi connectivity index (χ0) is 10.0. The van der Waals surface area contributed by atoms with Crippen molar-refractivity contribution in [3.05, 3.63) is 22.4 Å². The Labute approximate surface area is 88.3 Å². The summed E-state index contributed by atoms with van der Waals surface area (Å²) < 4.78 is 0. The standard InChI is InChI=1S/C11H15NOS/c1-2-11(6-4-7-11)12-10(13)9-5-3-8-14-9/h3,5,8H,2,4,6-7H2,1H3,(H,12,13). The molecule has 0 bridgehead atoms. The maximum Gasteiger partial charge on any atom is 0.261 e.